The van der Waals surface area contributed by atoms with Gasteiger partial charge in [0.15, 0.2) is 5.16 Å². The zero-order chi connectivity index (χ0) is 23.8. The van der Waals surface area contributed by atoms with Crippen LogP contribution in [0.4, 0.5) is 5.69 Å². The second-order valence-electron chi connectivity index (χ2n) is 9.00. The van der Waals surface area contributed by atoms with E-state index in [-0.39, 0.29) is 22.6 Å². The third-order valence-electron chi connectivity index (χ3n) is 5.55. The molecular weight excluding hydrogens is 450 g/mol. The van der Waals surface area contributed by atoms with Gasteiger partial charge in [-0.05, 0) is 54.7 Å². The van der Waals surface area contributed by atoms with Crippen molar-refractivity contribution in [3.05, 3.63) is 81.0 Å². The predicted molar refractivity (Wildman–Crippen MR) is 139 cm³/mol. The Morgan fingerprint density at radius 2 is 1.73 bits per heavy atom. The van der Waals surface area contributed by atoms with Crippen LogP contribution < -0.4 is 10.9 Å². The minimum absolute atomic E-state index is 0.0578. The van der Waals surface area contributed by atoms with Gasteiger partial charge in [0.2, 0.25) is 5.91 Å². The van der Waals surface area contributed by atoms with E-state index in [9.17, 15) is 9.59 Å². The summed E-state index contributed by atoms with van der Waals surface area (Å²) in [5.41, 5.74) is 3.62. The Kier molecular flexibility index (Phi) is 6.45. The number of thiophene rings is 1. The summed E-state index contributed by atoms with van der Waals surface area (Å²) in [6, 6.07) is 17.4. The number of anilines is 1. The maximum atomic E-state index is 13.4. The second kappa shape index (κ2) is 9.15. The molecule has 5 nitrogen and oxygen atoms in total. The largest absolute Gasteiger partial charge is 0.325 e. The number of hydrogen-bond acceptors (Lipinski definition) is 5. The first-order valence-corrected chi connectivity index (χ1v) is 12.6. The molecule has 7 heteroatoms. The quantitative estimate of drug-likeness (QED) is 0.279. The number of para-hydroxylation sites is 1. The van der Waals surface area contributed by atoms with E-state index < -0.39 is 0 Å². The van der Waals surface area contributed by atoms with E-state index in [1.165, 1.54) is 28.7 Å². The minimum Gasteiger partial charge on any atom is -0.325 e. The van der Waals surface area contributed by atoms with Gasteiger partial charge < -0.3 is 5.32 Å². The average molecular weight is 478 g/mol. The molecule has 0 radical (unpaired) electrons. The lowest BCUT2D eigenvalue weighted by molar-refractivity contribution is -0.113. The van der Waals surface area contributed by atoms with Crippen LogP contribution in [0.15, 0.2) is 64.5 Å². The number of carbonyl (C=O) groups excluding carboxylic acids is 1. The molecule has 0 saturated heterocycles. The van der Waals surface area contributed by atoms with Crippen LogP contribution in [0.1, 0.15) is 36.8 Å². The fourth-order valence-electron chi connectivity index (χ4n) is 3.56. The van der Waals surface area contributed by atoms with Gasteiger partial charge in [-0.3, -0.25) is 14.2 Å². The van der Waals surface area contributed by atoms with Crippen molar-refractivity contribution in [2.45, 2.75) is 45.2 Å². The number of nitrogens with zero attached hydrogens (tertiary/aromatic N) is 2. The number of hydrogen-bond donors (Lipinski definition) is 1. The highest BCUT2D eigenvalue weighted by Crippen LogP contribution is 2.30. The maximum absolute atomic E-state index is 13.4. The number of nitrogens with one attached hydrogen (secondary N) is 1. The van der Waals surface area contributed by atoms with Crippen molar-refractivity contribution in [2.24, 2.45) is 0 Å². The molecule has 2 aromatic carbocycles. The average Bonchev–Trinajstić information content (AvgIpc) is 3.06. The Labute approximate surface area is 201 Å². The molecule has 0 unspecified atom stereocenters. The number of rotatable bonds is 5. The highest BCUT2D eigenvalue weighted by atomic mass is 32.2. The van der Waals surface area contributed by atoms with Gasteiger partial charge in [-0.1, -0.05) is 62.9 Å². The van der Waals surface area contributed by atoms with E-state index in [2.05, 4.69) is 26.1 Å². The molecule has 2 aromatic heterocycles. The van der Waals surface area contributed by atoms with Gasteiger partial charge in [0.1, 0.15) is 4.83 Å². The monoisotopic (exact) mass is 477 g/mol. The molecule has 1 N–H and O–H groups in total. The molecule has 0 aliphatic heterocycles. The molecule has 1 amide bonds. The van der Waals surface area contributed by atoms with Crippen LogP contribution in [0.5, 0.6) is 0 Å². The number of benzene rings is 2. The Balaban J connectivity index is 1.60. The summed E-state index contributed by atoms with van der Waals surface area (Å²) in [4.78, 5) is 32.7. The van der Waals surface area contributed by atoms with Crippen molar-refractivity contribution in [2.75, 3.05) is 11.1 Å². The van der Waals surface area contributed by atoms with E-state index in [0.717, 1.165) is 21.8 Å². The summed E-state index contributed by atoms with van der Waals surface area (Å²) in [6.45, 7) is 10.4. The molecular formula is C26H27N3O2S2. The lowest BCUT2D eigenvalue weighted by atomic mass is 9.87. The lowest BCUT2D eigenvalue weighted by Gasteiger charge is -2.19. The van der Waals surface area contributed by atoms with Gasteiger partial charge in [0, 0.05) is 10.6 Å². The molecule has 0 atom stereocenters. The van der Waals surface area contributed by atoms with Crippen LogP contribution in [-0.2, 0) is 10.2 Å². The molecule has 33 heavy (non-hydrogen) atoms. The van der Waals surface area contributed by atoms with Crippen molar-refractivity contribution < 1.29 is 4.79 Å². The first kappa shape index (κ1) is 23.3. The van der Waals surface area contributed by atoms with Gasteiger partial charge in [0.05, 0.1) is 16.8 Å². The molecule has 170 valence electrons. The Morgan fingerprint density at radius 1 is 1.06 bits per heavy atom. The normalized spacial score (nSPS) is 11.7. The maximum Gasteiger partial charge on any atom is 0.267 e. The minimum atomic E-state index is -0.143. The first-order chi connectivity index (χ1) is 15.6. The van der Waals surface area contributed by atoms with Crippen molar-refractivity contribution in [1.29, 1.82) is 0 Å². The standard InChI is InChI=1S/C26H27N3O2S2/c1-16-17(2)33-23-22(16)24(31)29(20-9-7-6-8-10-20)25(28-23)32-15-21(30)27-19-13-11-18(12-14-19)26(3,4)5/h6-14H,15H2,1-5H3,(H,27,30). The predicted octanol–water partition coefficient (Wildman–Crippen LogP) is 6.09. The van der Waals surface area contributed by atoms with Crippen molar-refractivity contribution in [1.82, 2.24) is 9.55 Å². The first-order valence-electron chi connectivity index (χ1n) is 10.8. The van der Waals surface area contributed by atoms with Crippen LogP contribution in [0, 0.1) is 13.8 Å². The van der Waals surface area contributed by atoms with E-state index in [0.29, 0.717) is 15.4 Å². The fourth-order valence-corrected chi connectivity index (χ4v) is 5.44. The fraction of sp³-hybridized carbons (Fsp3) is 0.269. The molecule has 0 aliphatic rings. The summed E-state index contributed by atoms with van der Waals surface area (Å²) < 4.78 is 1.61. The van der Waals surface area contributed by atoms with Gasteiger partial charge in [0.25, 0.3) is 5.56 Å². The van der Waals surface area contributed by atoms with Crippen LogP contribution >= 0.6 is 23.1 Å². The van der Waals surface area contributed by atoms with Crippen LogP contribution in [0.3, 0.4) is 0 Å². The summed E-state index contributed by atoms with van der Waals surface area (Å²) in [5.74, 6) is 0.00537. The number of aryl methyl sites for hydroxylation is 2. The van der Waals surface area contributed by atoms with Gasteiger partial charge in [-0.15, -0.1) is 11.3 Å². The Hall–Kier alpha value is -2.90. The summed E-state index contributed by atoms with van der Waals surface area (Å²) >= 11 is 2.78. The zero-order valence-corrected chi connectivity index (χ0v) is 21.1. The van der Waals surface area contributed by atoms with E-state index in [1.54, 1.807) is 4.57 Å². The second-order valence-corrected chi connectivity index (χ2v) is 11.1. The van der Waals surface area contributed by atoms with Crippen LogP contribution in [-0.4, -0.2) is 21.2 Å². The third-order valence-corrected chi connectivity index (χ3v) is 7.59. The van der Waals surface area contributed by atoms with Crippen LogP contribution in [0.2, 0.25) is 0 Å². The molecule has 0 bridgehead atoms. The van der Waals surface area contributed by atoms with Crippen molar-refractivity contribution >= 4 is 44.9 Å². The lowest BCUT2D eigenvalue weighted by Crippen LogP contribution is -2.22. The molecule has 0 aliphatic carbocycles. The molecule has 2 heterocycles. The molecule has 0 saturated carbocycles. The molecule has 4 rings (SSSR count). The Bertz CT molecular complexity index is 1370. The number of carbonyl (C=O) groups is 1. The third kappa shape index (κ3) is 4.89. The smallest absolute Gasteiger partial charge is 0.267 e. The SMILES string of the molecule is Cc1sc2nc(SCC(=O)Nc3ccc(C(C)(C)C)cc3)n(-c3ccccc3)c(=O)c2c1C. The van der Waals surface area contributed by atoms with E-state index in [1.807, 2.05) is 68.4 Å². The van der Waals surface area contributed by atoms with Gasteiger partial charge in [-0.25, -0.2) is 4.98 Å². The van der Waals surface area contributed by atoms with Crippen molar-refractivity contribution in [3.63, 3.8) is 0 Å². The van der Waals surface area contributed by atoms with Gasteiger partial charge >= 0.3 is 0 Å². The van der Waals surface area contributed by atoms with E-state index in [4.69, 9.17) is 4.98 Å². The van der Waals surface area contributed by atoms with Crippen molar-refractivity contribution in [3.8, 4) is 5.69 Å². The number of amides is 1. The summed E-state index contributed by atoms with van der Waals surface area (Å²) in [5, 5.41) is 4.10. The number of thioether (sulfide) groups is 1. The molecule has 0 fully saturated rings. The number of fused-ring (bicyclic) bond motifs is 1. The summed E-state index contributed by atoms with van der Waals surface area (Å²) in [6.07, 6.45) is 0. The highest BCUT2D eigenvalue weighted by Gasteiger charge is 2.19. The van der Waals surface area contributed by atoms with Crippen LogP contribution in [0.25, 0.3) is 15.9 Å². The van der Waals surface area contributed by atoms with E-state index >= 15 is 0 Å². The molecule has 0 spiro atoms. The Morgan fingerprint density at radius 3 is 2.36 bits per heavy atom. The number of aromatic nitrogens is 2. The zero-order valence-electron chi connectivity index (χ0n) is 19.4. The molecule has 4 aromatic rings. The van der Waals surface area contributed by atoms with Gasteiger partial charge in [-0.2, -0.15) is 0 Å². The highest BCUT2D eigenvalue weighted by molar-refractivity contribution is 7.99. The summed E-state index contributed by atoms with van der Waals surface area (Å²) in [7, 11) is 0. The topological polar surface area (TPSA) is 64.0 Å².